The Kier molecular flexibility index (Phi) is 5.75. The van der Waals surface area contributed by atoms with Crippen LogP contribution in [0.15, 0.2) is 0 Å². The maximum absolute atomic E-state index is 3.65. The summed E-state index contributed by atoms with van der Waals surface area (Å²) in [5, 5.41) is 1.13. The van der Waals surface area contributed by atoms with Gasteiger partial charge < -0.3 is 9.80 Å². The molecule has 3 atom stereocenters. The number of alkyl halides is 1. The van der Waals surface area contributed by atoms with Gasteiger partial charge in [0.2, 0.25) is 0 Å². The fraction of sp³-hybridized carbons (Fsp3) is 1.00. The molecule has 1 fully saturated rings. The van der Waals surface area contributed by atoms with Gasteiger partial charge in [-0.1, -0.05) is 36.7 Å². The predicted octanol–water partition coefficient (Wildman–Crippen LogP) is 2.54. The maximum atomic E-state index is 3.65. The van der Waals surface area contributed by atoms with Gasteiger partial charge in [-0.05, 0) is 31.8 Å². The first kappa shape index (κ1) is 14.5. The summed E-state index contributed by atoms with van der Waals surface area (Å²) in [4.78, 5) is 5.02. The highest BCUT2D eigenvalue weighted by molar-refractivity contribution is 9.09. The summed E-state index contributed by atoms with van der Waals surface area (Å²) in [7, 11) is 4.41. The minimum Gasteiger partial charge on any atom is -0.305 e. The van der Waals surface area contributed by atoms with Crippen LogP contribution in [-0.4, -0.2) is 54.9 Å². The highest BCUT2D eigenvalue weighted by atomic mass is 79.9. The largest absolute Gasteiger partial charge is 0.305 e. The Hall–Kier alpha value is 0.400. The van der Waals surface area contributed by atoms with Crippen molar-refractivity contribution in [3.05, 3.63) is 0 Å². The highest BCUT2D eigenvalue weighted by Crippen LogP contribution is 2.23. The van der Waals surface area contributed by atoms with Crippen molar-refractivity contribution >= 4 is 15.9 Å². The van der Waals surface area contributed by atoms with Crippen LogP contribution in [0.5, 0.6) is 0 Å². The average Bonchev–Trinajstić information content (AvgIpc) is 2.55. The molecule has 0 aromatic heterocycles. The van der Waals surface area contributed by atoms with Gasteiger partial charge in [0.25, 0.3) is 0 Å². The molecule has 1 heterocycles. The Labute approximate surface area is 109 Å². The van der Waals surface area contributed by atoms with Gasteiger partial charge in [-0.2, -0.15) is 0 Å². The van der Waals surface area contributed by atoms with E-state index in [1.165, 1.54) is 19.6 Å². The van der Waals surface area contributed by atoms with Crippen LogP contribution < -0.4 is 0 Å². The molecule has 1 aliphatic rings. The molecule has 1 aliphatic heterocycles. The maximum Gasteiger partial charge on any atom is 0.0254 e. The topological polar surface area (TPSA) is 6.48 Å². The third-order valence-corrected chi connectivity index (χ3v) is 4.78. The Balaban J connectivity index is 2.46. The second-order valence-electron chi connectivity index (χ2n) is 5.89. The normalized spacial score (nSPS) is 29.2. The van der Waals surface area contributed by atoms with E-state index in [1.807, 2.05) is 0 Å². The van der Waals surface area contributed by atoms with Crippen LogP contribution in [0.25, 0.3) is 0 Å². The highest BCUT2D eigenvalue weighted by Gasteiger charge is 2.32. The van der Waals surface area contributed by atoms with Gasteiger partial charge in [0.15, 0.2) is 0 Å². The second kappa shape index (κ2) is 6.36. The van der Waals surface area contributed by atoms with Crippen LogP contribution >= 0.6 is 15.9 Å². The van der Waals surface area contributed by atoms with Crippen LogP contribution in [-0.2, 0) is 0 Å². The Morgan fingerprint density at radius 1 is 1.31 bits per heavy atom. The zero-order valence-corrected chi connectivity index (χ0v) is 13.0. The summed E-state index contributed by atoms with van der Waals surface area (Å²) in [6.07, 6.45) is 0. The summed E-state index contributed by atoms with van der Waals surface area (Å²) < 4.78 is 0. The van der Waals surface area contributed by atoms with Crippen LogP contribution in [0.1, 0.15) is 20.8 Å². The number of likely N-dealkylation sites (tertiary alicyclic amines) is 1. The van der Waals surface area contributed by atoms with Crippen molar-refractivity contribution in [2.45, 2.75) is 26.8 Å². The monoisotopic (exact) mass is 290 g/mol. The van der Waals surface area contributed by atoms with Gasteiger partial charge in [-0.25, -0.2) is 0 Å². The molecular weight excluding hydrogens is 264 g/mol. The first-order chi connectivity index (χ1) is 7.45. The Morgan fingerprint density at radius 3 is 2.31 bits per heavy atom. The quantitative estimate of drug-likeness (QED) is 0.718. The molecule has 0 bridgehead atoms. The molecule has 0 aromatic rings. The summed E-state index contributed by atoms with van der Waals surface area (Å²) in [6.45, 7) is 10.8. The number of hydrogen-bond donors (Lipinski definition) is 0. The lowest BCUT2D eigenvalue weighted by molar-refractivity contribution is 0.227. The van der Waals surface area contributed by atoms with E-state index in [0.717, 1.165) is 29.1 Å². The molecule has 3 heteroatoms. The molecule has 2 nitrogen and oxygen atoms in total. The Morgan fingerprint density at radius 2 is 1.94 bits per heavy atom. The van der Waals surface area contributed by atoms with Crippen LogP contribution in [0.2, 0.25) is 0 Å². The average molecular weight is 291 g/mol. The number of hydrogen-bond acceptors (Lipinski definition) is 2. The molecule has 0 aromatic carbocycles. The molecule has 1 rings (SSSR count). The summed E-state index contributed by atoms with van der Waals surface area (Å²) in [6, 6.07) is 0.739. The fourth-order valence-electron chi connectivity index (χ4n) is 2.64. The number of likely N-dealkylation sites (N-methyl/N-ethyl adjacent to an activating group) is 1. The Bertz CT molecular complexity index is 206. The third kappa shape index (κ3) is 3.71. The van der Waals surface area contributed by atoms with Gasteiger partial charge in [-0.3, -0.25) is 0 Å². The molecule has 1 saturated heterocycles. The lowest BCUT2D eigenvalue weighted by Crippen LogP contribution is -2.36. The summed E-state index contributed by atoms with van der Waals surface area (Å²) >= 11 is 3.65. The number of halogens is 1. The fourth-order valence-corrected chi connectivity index (χ4v) is 3.59. The second-order valence-corrected chi connectivity index (χ2v) is 6.53. The minimum absolute atomic E-state index is 0.739. The first-order valence-corrected chi connectivity index (χ1v) is 7.52. The van der Waals surface area contributed by atoms with Crippen molar-refractivity contribution < 1.29 is 0 Å². The van der Waals surface area contributed by atoms with Crippen molar-refractivity contribution in [1.82, 2.24) is 9.80 Å². The van der Waals surface area contributed by atoms with Gasteiger partial charge in [0, 0.05) is 31.0 Å². The lowest BCUT2D eigenvalue weighted by atomic mass is 9.98. The zero-order chi connectivity index (χ0) is 12.3. The molecule has 0 saturated carbocycles. The van der Waals surface area contributed by atoms with Crippen LogP contribution in [0, 0.1) is 17.8 Å². The molecule has 0 aliphatic carbocycles. The molecule has 0 N–H and O–H groups in total. The molecule has 0 spiro atoms. The van der Waals surface area contributed by atoms with Crippen LogP contribution in [0.4, 0.5) is 0 Å². The van der Waals surface area contributed by atoms with Crippen molar-refractivity contribution in [3.8, 4) is 0 Å². The predicted molar refractivity (Wildman–Crippen MR) is 75.2 cm³/mol. The molecule has 96 valence electrons. The third-order valence-electron chi connectivity index (χ3n) is 3.95. The number of rotatable bonds is 5. The van der Waals surface area contributed by atoms with Crippen molar-refractivity contribution in [2.75, 3.05) is 39.1 Å². The molecule has 0 amide bonds. The van der Waals surface area contributed by atoms with Crippen molar-refractivity contribution in [3.63, 3.8) is 0 Å². The zero-order valence-electron chi connectivity index (χ0n) is 11.4. The minimum atomic E-state index is 0.739. The van der Waals surface area contributed by atoms with E-state index < -0.39 is 0 Å². The first-order valence-electron chi connectivity index (χ1n) is 6.40. The van der Waals surface area contributed by atoms with Crippen molar-refractivity contribution in [2.24, 2.45) is 17.8 Å². The SMILES string of the molecule is CC(C)C(CBr)CN1CC(C)C(N(C)C)C1. The van der Waals surface area contributed by atoms with E-state index in [0.29, 0.717) is 0 Å². The van der Waals surface area contributed by atoms with Crippen molar-refractivity contribution in [1.29, 1.82) is 0 Å². The van der Waals surface area contributed by atoms with Crippen LogP contribution in [0.3, 0.4) is 0 Å². The van der Waals surface area contributed by atoms with E-state index >= 15 is 0 Å². The van der Waals surface area contributed by atoms with Gasteiger partial charge >= 0.3 is 0 Å². The van der Waals surface area contributed by atoms with E-state index in [2.05, 4.69) is 60.6 Å². The smallest absolute Gasteiger partial charge is 0.0254 e. The molecule has 0 radical (unpaired) electrons. The summed E-state index contributed by atoms with van der Waals surface area (Å²) in [5.74, 6) is 2.36. The molecular formula is C13H27BrN2. The van der Waals surface area contributed by atoms with Gasteiger partial charge in [0.1, 0.15) is 0 Å². The van der Waals surface area contributed by atoms with E-state index in [4.69, 9.17) is 0 Å². The lowest BCUT2D eigenvalue weighted by Gasteiger charge is -2.26. The molecule has 3 unspecified atom stereocenters. The van der Waals surface area contributed by atoms with E-state index in [9.17, 15) is 0 Å². The van der Waals surface area contributed by atoms with E-state index in [-0.39, 0.29) is 0 Å². The van der Waals surface area contributed by atoms with E-state index in [1.54, 1.807) is 0 Å². The standard InChI is InChI=1S/C13H27BrN2/c1-10(2)12(6-14)8-16-7-11(3)13(9-16)15(4)5/h10-13H,6-9H2,1-5H3. The number of nitrogens with zero attached hydrogens (tertiary/aromatic N) is 2. The van der Waals surface area contributed by atoms with Gasteiger partial charge in [-0.15, -0.1) is 0 Å². The molecule has 16 heavy (non-hydrogen) atoms. The summed E-state index contributed by atoms with van der Waals surface area (Å²) in [5.41, 5.74) is 0. The van der Waals surface area contributed by atoms with Gasteiger partial charge in [0.05, 0.1) is 0 Å².